The van der Waals surface area contributed by atoms with E-state index in [1.165, 1.54) is 0 Å². The number of rotatable bonds is 10. The highest BCUT2D eigenvalue weighted by atomic mass is 16.5. The van der Waals surface area contributed by atoms with Gasteiger partial charge in [-0.2, -0.15) is 0 Å². The van der Waals surface area contributed by atoms with Crippen LogP contribution in [-0.2, 0) is 16.0 Å². The molecule has 2 atom stereocenters. The first-order chi connectivity index (χ1) is 13.1. The Morgan fingerprint density at radius 2 is 1.74 bits per heavy atom. The third kappa shape index (κ3) is 5.84. The lowest BCUT2D eigenvalue weighted by molar-refractivity contribution is -0.141. The molecule has 0 spiro atoms. The molecule has 1 amide bonds. The maximum atomic E-state index is 12.7. The highest BCUT2D eigenvalue weighted by molar-refractivity contribution is 5.84. The van der Waals surface area contributed by atoms with Crippen LogP contribution in [0, 0.1) is 5.92 Å². The fourth-order valence-corrected chi connectivity index (χ4v) is 3.15. The Bertz CT molecular complexity index is 745. The van der Waals surface area contributed by atoms with Crippen LogP contribution in [0.2, 0.25) is 0 Å². The van der Waals surface area contributed by atoms with Crippen molar-refractivity contribution in [2.24, 2.45) is 5.92 Å². The van der Waals surface area contributed by atoms with E-state index in [-0.39, 0.29) is 18.4 Å². The molecule has 2 aromatic carbocycles. The standard InChI is InChI=1S/C22H27NO4/c1-3-9-19(16-10-5-4-6-11-16)21(24)23-15-18(22(25)26)14-17-12-7-8-13-20(17)27-2/h4-8,10-13,18-19H,3,9,14-15H2,1-2H3,(H,23,24)(H,25,26). The number of hydrogen-bond acceptors (Lipinski definition) is 3. The number of aliphatic carboxylic acids is 1. The lowest BCUT2D eigenvalue weighted by atomic mass is 9.93. The summed E-state index contributed by atoms with van der Waals surface area (Å²) in [6.45, 7) is 2.12. The minimum absolute atomic E-state index is 0.0826. The number of carbonyl (C=O) groups is 2. The number of nitrogens with one attached hydrogen (secondary N) is 1. The van der Waals surface area contributed by atoms with Crippen LogP contribution in [0.25, 0.3) is 0 Å². The first-order valence-corrected chi connectivity index (χ1v) is 9.24. The Morgan fingerprint density at radius 3 is 2.37 bits per heavy atom. The Labute approximate surface area is 160 Å². The SMILES string of the molecule is CCCC(C(=O)NCC(Cc1ccccc1OC)C(=O)O)c1ccccc1. The molecule has 5 nitrogen and oxygen atoms in total. The molecular weight excluding hydrogens is 342 g/mol. The summed E-state index contributed by atoms with van der Waals surface area (Å²) in [4.78, 5) is 24.4. The van der Waals surface area contributed by atoms with Crippen molar-refractivity contribution < 1.29 is 19.4 Å². The van der Waals surface area contributed by atoms with Gasteiger partial charge in [0.2, 0.25) is 5.91 Å². The van der Waals surface area contributed by atoms with E-state index in [2.05, 4.69) is 5.32 Å². The maximum Gasteiger partial charge on any atom is 0.308 e. The summed E-state index contributed by atoms with van der Waals surface area (Å²) in [5.41, 5.74) is 1.77. The fraction of sp³-hybridized carbons (Fsp3) is 0.364. The van der Waals surface area contributed by atoms with E-state index in [4.69, 9.17) is 4.74 Å². The van der Waals surface area contributed by atoms with Gasteiger partial charge in [-0.15, -0.1) is 0 Å². The lowest BCUT2D eigenvalue weighted by Crippen LogP contribution is -2.37. The van der Waals surface area contributed by atoms with Gasteiger partial charge in [-0.1, -0.05) is 61.9 Å². The number of para-hydroxylation sites is 1. The van der Waals surface area contributed by atoms with E-state index in [0.717, 1.165) is 24.0 Å². The molecule has 2 aromatic rings. The topological polar surface area (TPSA) is 75.6 Å². The highest BCUT2D eigenvalue weighted by Crippen LogP contribution is 2.23. The molecule has 2 rings (SSSR count). The lowest BCUT2D eigenvalue weighted by Gasteiger charge is -2.19. The zero-order valence-corrected chi connectivity index (χ0v) is 15.9. The van der Waals surface area contributed by atoms with Gasteiger partial charge in [0.05, 0.1) is 18.9 Å². The number of ether oxygens (including phenoxy) is 1. The second kappa shape index (κ2) is 10.4. The molecule has 0 bridgehead atoms. The molecule has 0 fully saturated rings. The maximum absolute atomic E-state index is 12.7. The zero-order valence-electron chi connectivity index (χ0n) is 15.9. The molecule has 0 aliphatic heterocycles. The molecule has 0 aromatic heterocycles. The number of methoxy groups -OCH3 is 1. The molecule has 0 aliphatic rings. The fourth-order valence-electron chi connectivity index (χ4n) is 3.15. The number of benzene rings is 2. The molecule has 0 saturated carbocycles. The van der Waals surface area contributed by atoms with Crippen LogP contribution in [0.5, 0.6) is 5.75 Å². The van der Waals surface area contributed by atoms with E-state index in [9.17, 15) is 14.7 Å². The van der Waals surface area contributed by atoms with Gasteiger partial charge in [0, 0.05) is 6.54 Å². The Hall–Kier alpha value is -2.82. The molecule has 0 saturated heterocycles. The van der Waals surface area contributed by atoms with Crippen LogP contribution in [-0.4, -0.2) is 30.6 Å². The van der Waals surface area contributed by atoms with E-state index < -0.39 is 11.9 Å². The van der Waals surface area contributed by atoms with Crippen molar-refractivity contribution in [2.45, 2.75) is 32.1 Å². The molecule has 2 unspecified atom stereocenters. The minimum Gasteiger partial charge on any atom is -0.496 e. The summed E-state index contributed by atoms with van der Waals surface area (Å²) in [6, 6.07) is 16.9. The Balaban J connectivity index is 2.05. The second-order valence-electron chi connectivity index (χ2n) is 6.55. The van der Waals surface area contributed by atoms with Crippen molar-refractivity contribution in [1.82, 2.24) is 5.32 Å². The molecule has 0 aliphatic carbocycles. The van der Waals surface area contributed by atoms with E-state index in [1.807, 2.05) is 55.5 Å². The van der Waals surface area contributed by atoms with E-state index >= 15 is 0 Å². The highest BCUT2D eigenvalue weighted by Gasteiger charge is 2.24. The van der Waals surface area contributed by atoms with Gasteiger partial charge in [0.15, 0.2) is 0 Å². The molecule has 0 radical (unpaired) electrons. The molecule has 2 N–H and O–H groups in total. The quantitative estimate of drug-likeness (QED) is 0.670. The van der Waals surface area contributed by atoms with Crippen LogP contribution in [0.1, 0.15) is 36.8 Å². The van der Waals surface area contributed by atoms with Crippen LogP contribution in [0.15, 0.2) is 54.6 Å². The van der Waals surface area contributed by atoms with Gasteiger partial charge in [-0.25, -0.2) is 0 Å². The normalized spacial score (nSPS) is 12.8. The van der Waals surface area contributed by atoms with Crippen LogP contribution in [0.3, 0.4) is 0 Å². The average molecular weight is 369 g/mol. The van der Waals surface area contributed by atoms with Crippen molar-refractivity contribution >= 4 is 11.9 Å². The van der Waals surface area contributed by atoms with Crippen molar-refractivity contribution in [2.75, 3.05) is 13.7 Å². The van der Waals surface area contributed by atoms with Crippen molar-refractivity contribution in [3.05, 3.63) is 65.7 Å². The first kappa shape index (κ1) is 20.5. The van der Waals surface area contributed by atoms with Crippen LogP contribution in [0.4, 0.5) is 0 Å². The van der Waals surface area contributed by atoms with Gasteiger partial charge < -0.3 is 15.2 Å². The predicted octanol–water partition coefficient (Wildman–Crippen LogP) is 3.64. The zero-order chi connectivity index (χ0) is 19.6. The third-order valence-corrected chi connectivity index (χ3v) is 4.63. The number of hydrogen-bond donors (Lipinski definition) is 2. The summed E-state index contributed by atoms with van der Waals surface area (Å²) >= 11 is 0. The number of carboxylic acid groups (broad SMARTS) is 1. The van der Waals surface area contributed by atoms with E-state index in [0.29, 0.717) is 12.2 Å². The van der Waals surface area contributed by atoms with Gasteiger partial charge in [0.25, 0.3) is 0 Å². The molecule has 27 heavy (non-hydrogen) atoms. The minimum atomic E-state index is -0.937. The van der Waals surface area contributed by atoms with Crippen molar-refractivity contribution in [3.63, 3.8) is 0 Å². The molecular formula is C22H27NO4. The summed E-state index contributed by atoms with van der Waals surface area (Å²) < 4.78 is 5.30. The van der Waals surface area contributed by atoms with Gasteiger partial charge in [-0.05, 0) is 30.0 Å². The van der Waals surface area contributed by atoms with E-state index in [1.54, 1.807) is 13.2 Å². The molecule has 5 heteroatoms. The number of carboxylic acids is 1. The summed E-state index contributed by atoms with van der Waals surface area (Å²) in [5.74, 6) is -1.40. The predicted molar refractivity (Wildman–Crippen MR) is 105 cm³/mol. The second-order valence-corrected chi connectivity index (χ2v) is 6.55. The van der Waals surface area contributed by atoms with Crippen LogP contribution < -0.4 is 10.1 Å². The Kier molecular flexibility index (Phi) is 7.86. The number of carbonyl (C=O) groups excluding carboxylic acids is 1. The van der Waals surface area contributed by atoms with Crippen molar-refractivity contribution in [1.29, 1.82) is 0 Å². The summed E-state index contributed by atoms with van der Waals surface area (Å²) in [5, 5.41) is 12.4. The van der Waals surface area contributed by atoms with Crippen molar-refractivity contribution in [3.8, 4) is 5.75 Å². The number of amides is 1. The third-order valence-electron chi connectivity index (χ3n) is 4.63. The average Bonchev–Trinajstić information content (AvgIpc) is 2.69. The molecule has 144 valence electrons. The summed E-state index contributed by atoms with van der Waals surface area (Å²) in [7, 11) is 1.56. The van der Waals surface area contributed by atoms with Gasteiger partial charge >= 0.3 is 5.97 Å². The van der Waals surface area contributed by atoms with Gasteiger partial charge in [-0.3, -0.25) is 9.59 Å². The van der Waals surface area contributed by atoms with Gasteiger partial charge in [0.1, 0.15) is 5.75 Å². The molecule has 0 heterocycles. The largest absolute Gasteiger partial charge is 0.496 e. The Morgan fingerprint density at radius 1 is 1.07 bits per heavy atom. The summed E-state index contributed by atoms with van der Waals surface area (Å²) in [6.07, 6.45) is 1.89. The van der Waals surface area contributed by atoms with Crippen LogP contribution >= 0.6 is 0 Å². The first-order valence-electron chi connectivity index (χ1n) is 9.24. The smallest absolute Gasteiger partial charge is 0.308 e. The monoisotopic (exact) mass is 369 g/mol.